The summed E-state index contributed by atoms with van der Waals surface area (Å²) in [5.74, 6) is 1.18. The first-order valence-corrected chi connectivity index (χ1v) is 8.25. The lowest BCUT2D eigenvalue weighted by molar-refractivity contribution is -0.142. The average Bonchev–Trinajstić information content (AvgIpc) is 2.49. The van der Waals surface area contributed by atoms with Gasteiger partial charge in [0.05, 0.1) is 7.11 Å². The molecule has 0 spiro atoms. The second-order valence-corrected chi connectivity index (χ2v) is 5.71. The van der Waals surface area contributed by atoms with Crippen LogP contribution in [0.2, 0.25) is 0 Å². The third kappa shape index (κ3) is 5.41. The van der Waals surface area contributed by atoms with Gasteiger partial charge in [0.15, 0.2) is 5.16 Å². The molecule has 0 aliphatic heterocycles. The summed E-state index contributed by atoms with van der Waals surface area (Å²) in [5, 5.41) is 7.03. The van der Waals surface area contributed by atoms with Crippen molar-refractivity contribution in [2.45, 2.75) is 38.4 Å². The standard InChI is InChI=1S/C14H24N4O2S/c1-6-7-15-10-8-11(18-14(17-10)21-5)16-12(9(2)3)13(19)20-4/h8-9,12H,6-7H2,1-5H3,(H2,15,16,17,18). The first-order chi connectivity index (χ1) is 10.0. The fourth-order valence-corrected chi connectivity index (χ4v) is 2.10. The number of esters is 1. The van der Waals surface area contributed by atoms with Crippen LogP contribution in [0.15, 0.2) is 11.2 Å². The molecule has 1 aromatic rings. The van der Waals surface area contributed by atoms with Crippen LogP contribution in [0.5, 0.6) is 0 Å². The molecule has 7 heteroatoms. The van der Waals surface area contributed by atoms with Gasteiger partial charge in [-0.15, -0.1) is 0 Å². The first kappa shape index (κ1) is 17.6. The molecule has 0 aromatic carbocycles. The molecule has 1 heterocycles. The van der Waals surface area contributed by atoms with Gasteiger partial charge in [-0.2, -0.15) is 0 Å². The van der Waals surface area contributed by atoms with Crippen LogP contribution in [0, 0.1) is 5.92 Å². The number of ether oxygens (including phenoxy) is 1. The Morgan fingerprint density at radius 2 is 2.05 bits per heavy atom. The van der Waals surface area contributed by atoms with Crippen LogP contribution in [-0.4, -0.2) is 41.9 Å². The molecule has 118 valence electrons. The van der Waals surface area contributed by atoms with Gasteiger partial charge in [0, 0.05) is 12.6 Å². The SMILES string of the molecule is CCCNc1cc(NC(C(=O)OC)C(C)C)nc(SC)n1. The summed E-state index contributed by atoms with van der Waals surface area (Å²) in [6.45, 7) is 6.85. The van der Waals surface area contributed by atoms with Crippen molar-refractivity contribution < 1.29 is 9.53 Å². The van der Waals surface area contributed by atoms with Gasteiger partial charge >= 0.3 is 5.97 Å². The number of aromatic nitrogens is 2. The van der Waals surface area contributed by atoms with Gasteiger partial charge in [-0.3, -0.25) is 0 Å². The lowest BCUT2D eigenvalue weighted by Gasteiger charge is -2.20. The predicted octanol–water partition coefficient (Wildman–Crippen LogP) is 2.63. The maximum atomic E-state index is 11.8. The third-order valence-electron chi connectivity index (χ3n) is 2.87. The lowest BCUT2D eigenvalue weighted by Crippen LogP contribution is -2.35. The predicted molar refractivity (Wildman–Crippen MR) is 86.9 cm³/mol. The van der Waals surface area contributed by atoms with Crippen molar-refractivity contribution in [2.24, 2.45) is 5.92 Å². The minimum absolute atomic E-state index is 0.0946. The van der Waals surface area contributed by atoms with Crippen molar-refractivity contribution in [3.05, 3.63) is 6.07 Å². The Hall–Kier alpha value is -1.50. The van der Waals surface area contributed by atoms with Crippen molar-refractivity contribution in [3.63, 3.8) is 0 Å². The molecule has 0 fully saturated rings. The second kappa shape index (κ2) is 8.71. The summed E-state index contributed by atoms with van der Waals surface area (Å²) in [5.41, 5.74) is 0. The number of nitrogens with zero attached hydrogens (tertiary/aromatic N) is 2. The average molecular weight is 312 g/mol. The van der Waals surface area contributed by atoms with E-state index >= 15 is 0 Å². The highest BCUT2D eigenvalue weighted by atomic mass is 32.2. The zero-order chi connectivity index (χ0) is 15.8. The molecule has 1 atom stereocenters. The van der Waals surface area contributed by atoms with E-state index in [1.807, 2.05) is 26.2 Å². The molecule has 1 aromatic heterocycles. The molecule has 0 saturated heterocycles. The molecule has 0 amide bonds. The Morgan fingerprint density at radius 3 is 2.57 bits per heavy atom. The van der Waals surface area contributed by atoms with E-state index in [2.05, 4.69) is 27.5 Å². The van der Waals surface area contributed by atoms with Crippen molar-refractivity contribution in [2.75, 3.05) is 30.5 Å². The molecule has 0 aliphatic rings. The van der Waals surface area contributed by atoms with E-state index in [0.29, 0.717) is 11.0 Å². The third-order valence-corrected chi connectivity index (χ3v) is 3.42. The number of methoxy groups -OCH3 is 1. The number of carbonyl (C=O) groups is 1. The minimum Gasteiger partial charge on any atom is -0.467 e. The topological polar surface area (TPSA) is 76.1 Å². The Bertz CT molecular complexity index is 468. The summed E-state index contributed by atoms with van der Waals surface area (Å²) in [6, 6.07) is 1.38. The van der Waals surface area contributed by atoms with Crippen molar-refractivity contribution in [3.8, 4) is 0 Å². The Morgan fingerprint density at radius 1 is 1.38 bits per heavy atom. The van der Waals surface area contributed by atoms with Gasteiger partial charge in [0.25, 0.3) is 0 Å². The fraction of sp³-hybridized carbons (Fsp3) is 0.643. The highest BCUT2D eigenvalue weighted by Crippen LogP contribution is 2.19. The van der Waals surface area contributed by atoms with Gasteiger partial charge in [0.1, 0.15) is 17.7 Å². The number of rotatable bonds is 8. The van der Waals surface area contributed by atoms with Gasteiger partial charge in [-0.1, -0.05) is 32.5 Å². The van der Waals surface area contributed by atoms with E-state index in [1.54, 1.807) is 0 Å². The maximum absolute atomic E-state index is 11.8. The van der Waals surface area contributed by atoms with E-state index in [0.717, 1.165) is 18.8 Å². The van der Waals surface area contributed by atoms with Crippen LogP contribution >= 0.6 is 11.8 Å². The zero-order valence-electron chi connectivity index (χ0n) is 13.3. The molecule has 0 bridgehead atoms. The molecule has 0 aliphatic carbocycles. The smallest absolute Gasteiger partial charge is 0.328 e. The van der Waals surface area contributed by atoms with E-state index < -0.39 is 6.04 Å². The van der Waals surface area contributed by atoms with Gasteiger partial charge in [-0.05, 0) is 18.6 Å². The lowest BCUT2D eigenvalue weighted by atomic mass is 10.0. The quantitative estimate of drug-likeness (QED) is 0.434. The van der Waals surface area contributed by atoms with E-state index in [1.165, 1.54) is 18.9 Å². The Kier molecular flexibility index (Phi) is 7.28. The molecule has 2 N–H and O–H groups in total. The van der Waals surface area contributed by atoms with Crippen LogP contribution < -0.4 is 10.6 Å². The molecule has 0 saturated carbocycles. The molecule has 21 heavy (non-hydrogen) atoms. The summed E-state index contributed by atoms with van der Waals surface area (Å²) in [4.78, 5) is 20.6. The number of carbonyl (C=O) groups excluding carboxylic acids is 1. The maximum Gasteiger partial charge on any atom is 0.328 e. The van der Waals surface area contributed by atoms with Crippen LogP contribution in [-0.2, 0) is 9.53 Å². The normalized spacial score (nSPS) is 12.1. The van der Waals surface area contributed by atoms with Gasteiger partial charge < -0.3 is 15.4 Å². The van der Waals surface area contributed by atoms with E-state index in [4.69, 9.17) is 4.74 Å². The highest BCUT2D eigenvalue weighted by molar-refractivity contribution is 7.98. The minimum atomic E-state index is -0.432. The summed E-state index contributed by atoms with van der Waals surface area (Å²) >= 11 is 1.46. The molecular weight excluding hydrogens is 288 g/mol. The second-order valence-electron chi connectivity index (χ2n) is 4.94. The molecule has 0 radical (unpaired) electrons. The van der Waals surface area contributed by atoms with E-state index in [9.17, 15) is 4.79 Å². The fourth-order valence-electron chi connectivity index (χ4n) is 1.72. The molecule has 1 unspecified atom stereocenters. The number of anilines is 2. The zero-order valence-corrected chi connectivity index (χ0v) is 14.1. The van der Waals surface area contributed by atoms with Crippen molar-refractivity contribution >= 4 is 29.4 Å². The largest absolute Gasteiger partial charge is 0.467 e. The van der Waals surface area contributed by atoms with Crippen molar-refractivity contribution in [1.29, 1.82) is 0 Å². The summed E-state index contributed by atoms with van der Waals surface area (Å²) in [6.07, 6.45) is 2.93. The summed E-state index contributed by atoms with van der Waals surface area (Å²) in [7, 11) is 1.39. The number of hydrogen-bond donors (Lipinski definition) is 2. The molecule has 6 nitrogen and oxygen atoms in total. The summed E-state index contributed by atoms with van der Waals surface area (Å²) < 4.78 is 4.83. The Labute approximate surface area is 130 Å². The van der Waals surface area contributed by atoms with Crippen molar-refractivity contribution in [1.82, 2.24) is 9.97 Å². The molecular formula is C14H24N4O2S. The number of hydrogen-bond acceptors (Lipinski definition) is 7. The number of thioether (sulfide) groups is 1. The Balaban J connectivity index is 2.96. The van der Waals surface area contributed by atoms with Crippen LogP contribution in [0.3, 0.4) is 0 Å². The molecule has 1 rings (SSSR count). The van der Waals surface area contributed by atoms with Crippen LogP contribution in [0.4, 0.5) is 11.6 Å². The monoisotopic (exact) mass is 312 g/mol. The van der Waals surface area contributed by atoms with E-state index in [-0.39, 0.29) is 11.9 Å². The van der Waals surface area contributed by atoms with Gasteiger partial charge in [0.2, 0.25) is 0 Å². The highest BCUT2D eigenvalue weighted by Gasteiger charge is 2.23. The van der Waals surface area contributed by atoms with Gasteiger partial charge in [-0.25, -0.2) is 14.8 Å². The van der Waals surface area contributed by atoms with Crippen LogP contribution in [0.1, 0.15) is 27.2 Å². The van der Waals surface area contributed by atoms with Crippen LogP contribution in [0.25, 0.3) is 0 Å². The number of nitrogens with one attached hydrogen (secondary N) is 2. The first-order valence-electron chi connectivity index (χ1n) is 7.03.